The summed E-state index contributed by atoms with van der Waals surface area (Å²) in [6.07, 6.45) is 0.811. The van der Waals surface area contributed by atoms with Crippen LogP contribution in [0.2, 0.25) is 0 Å². The van der Waals surface area contributed by atoms with Crippen LogP contribution in [0, 0.1) is 0 Å². The molecule has 2 amide bonds. The summed E-state index contributed by atoms with van der Waals surface area (Å²) in [5.41, 5.74) is 8.30. The SMILES string of the molecule is COc1ccc(-c2nc(CC(=O)NCCc3cccc(C(N)=O)c3)cs2)cc1OC. The molecule has 0 fully saturated rings. The molecule has 0 spiro atoms. The average molecular weight is 426 g/mol. The molecule has 3 N–H and O–H groups in total. The van der Waals surface area contributed by atoms with Gasteiger partial charge in [0.2, 0.25) is 11.8 Å². The van der Waals surface area contributed by atoms with E-state index < -0.39 is 5.91 Å². The van der Waals surface area contributed by atoms with E-state index in [1.54, 1.807) is 32.4 Å². The third-order valence-electron chi connectivity index (χ3n) is 4.47. The summed E-state index contributed by atoms with van der Waals surface area (Å²) < 4.78 is 10.6. The Morgan fingerprint density at radius 1 is 1.10 bits per heavy atom. The van der Waals surface area contributed by atoms with Gasteiger partial charge in [-0.25, -0.2) is 4.98 Å². The molecule has 0 aliphatic carbocycles. The van der Waals surface area contributed by atoms with Gasteiger partial charge >= 0.3 is 0 Å². The number of amides is 2. The van der Waals surface area contributed by atoms with Crippen molar-refractivity contribution in [1.82, 2.24) is 10.3 Å². The molecular weight excluding hydrogens is 402 g/mol. The van der Waals surface area contributed by atoms with E-state index in [2.05, 4.69) is 10.3 Å². The zero-order chi connectivity index (χ0) is 21.5. The first-order valence-corrected chi connectivity index (χ1v) is 10.2. The lowest BCUT2D eigenvalue weighted by Gasteiger charge is -2.08. The molecule has 3 aromatic rings. The first-order valence-electron chi connectivity index (χ1n) is 9.32. The molecule has 0 saturated heterocycles. The smallest absolute Gasteiger partial charge is 0.248 e. The van der Waals surface area contributed by atoms with Crippen molar-refractivity contribution < 1.29 is 19.1 Å². The molecule has 8 heteroatoms. The van der Waals surface area contributed by atoms with E-state index in [1.165, 1.54) is 11.3 Å². The van der Waals surface area contributed by atoms with Crippen molar-refractivity contribution in [1.29, 1.82) is 0 Å². The Hall–Kier alpha value is -3.39. The van der Waals surface area contributed by atoms with Crippen molar-refractivity contribution in [3.8, 4) is 22.1 Å². The number of hydrogen-bond acceptors (Lipinski definition) is 6. The van der Waals surface area contributed by atoms with Crippen LogP contribution in [-0.4, -0.2) is 37.6 Å². The number of benzene rings is 2. The van der Waals surface area contributed by atoms with Gasteiger partial charge in [0.1, 0.15) is 5.01 Å². The Kier molecular flexibility index (Phi) is 7.03. The number of carbonyl (C=O) groups excluding carboxylic acids is 2. The average Bonchev–Trinajstić information content (AvgIpc) is 3.21. The molecule has 0 atom stereocenters. The predicted octanol–water partition coefficient (Wildman–Crippen LogP) is 2.83. The molecule has 0 aliphatic rings. The number of ether oxygens (including phenoxy) is 2. The van der Waals surface area contributed by atoms with Gasteiger partial charge in [0.25, 0.3) is 0 Å². The van der Waals surface area contributed by atoms with Crippen molar-refractivity contribution in [3.05, 3.63) is 64.7 Å². The van der Waals surface area contributed by atoms with Gasteiger partial charge in [0, 0.05) is 23.1 Å². The first kappa shape index (κ1) is 21.3. The van der Waals surface area contributed by atoms with E-state index in [1.807, 2.05) is 29.6 Å². The third-order valence-corrected chi connectivity index (χ3v) is 5.41. The Morgan fingerprint density at radius 3 is 2.63 bits per heavy atom. The lowest BCUT2D eigenvalue weighted by molar-refractivity contribution is -0.120. The number of rotatable bonds is 9. The Labute approximate surface area is 178 Å². The van der Waals surface area contributed by atoms with Gasteiger partial charge in [0.15, 0.2) is 11.5 Å². The van der Waals surface area contributed by atoms with Gasteiger partial charge in [-0.05, 0) is 42.3 Å². The van der Waals surface area contributed by atoms with Crippen LogP contribution in [0.1, 0.15) is 21.6 Å². The van der Waals surface area contributed by atoms with Gasteiger partial charge in [-0.3, -0.25) is 9.59 Å². The molecule has 3 rings (SSSR count). The third kappa shape index (κ3) is 5.36. The number of nitrogens with one attached hydrogen (secondary N) is 1. The van der Waals surface area contributed by atoms with Crippen LogP contribution in [0.25, 0.3) is 10.6 Å². The van der Waals surface area contributed by atoms with E-state index in [-0.39, 0.29) is 12.3 Å². The van der Waals surface area contributed by atoms with Gasteiger partial charge in [-0.2, -0.15) is 0 Å². The van der Waals surface area contributed by atoms with Gasteiger partial charge in [-0.1, -0.05) is 12.1 Å². The second-order valence-electron chi connectivity index (χ2n) is 6.56. The molecule has 156 valence electrons. The van der Waals surface area contributed by atoms with Gasteiger partial charge < -0.3 is 20.5 Å². The van der Waals surface area contributed by atoms with Crippen LogP contribution in [-0.2, 0) is 17.6 Å². The molecule has 1 aromatic heterocycles. The highest BCUT2D eigenvalue weighted by atomic mass is 32.1. The van der Waals surface area contributed by atoms with Crippen LogP contribution in [0.3, 0.4) is 0 Å². The number of nitrogens with zero attached hydrogens (tertiary/aromatic N) is 1. The van der Waals surface area contributed by atoms with Gasteiger partial charge in [-0.15, -0.1) is 11.3 Å². The van der Waals surface area contributed by atoms with Crippen molar-refractivity contribution in [3.63, 3.8) is 0 Å². The van der Waals surface area contributed by atoms with Crippen molar-refractivity contribution in [2.24, 2.45) is 5.73 Å². The van der Waals surface area contributed by atoms with Crippen molar-refractivity contribution >= 4 is 23.2 Å². The fourth-order valence-electron chi connectivity index (χ4n) is 2.94. The summed E-state index contributed by atoms with van der Waals surface area (Å²) in [4.78, 5) is 28.1. The summed E-state index contributed by atoms with van der Waals surface area (Å²) in [6, 6.07) is 12.7. The minimum atomic E-state index is -0.463. The summed E-state index contributed by atoms with van der Waals surface area (Å²) in [6.45, 7) is 0.466. The van der Waals surface area contributed by atoms with Gasteiger partial charge in [0.05, 0.1) is 26.3 Å². The molecule has 7 nitrogen and oxygen atoms in total. The number of hydrogen-bond donors (Lipinski definition) is 2. The number of primary amides is 1. The number of methoxy groups -OCH3 is 2. The van der Waals surface area contributed by atoms with Crippen LogP contribution in [0.15, 0.2) is 47.8 Å². The van der Waals surface area contributed by atoms with E-state index in [9.17, 15) is 9.59 Å². The quantitative estimate of drug-likeness (QED) is 0.549. The highest BCUT2D eigenvalue weighted by Gasteiger charge is 2.12. The lowest BCUT2D eigenvalue weighted by Crippen LogP contribution is -2.27. The van der Waals surface area contributed by atoms with E-state index >= 15 is 0 Å². The van der Waals surface area contributed by atoms with Crippen molar-refractivity contribution in [2.45, 2.75) is 12.8 Å². The summed E-state index contributed by atoms with van der Waals surface area (Å²) in [7, 11) is 3.18. The van der Waals surface area contributed by atoms with E-state index in [0.717, 1.165) is 16.1 Å². The Bertz CT molecular complexity index is 1050. The Morgan fingerprint density at radius 2 is 1.90 bits per heavy atom. The predicted molar refractivity (Wildman–Crippen MR) is 116 cm³/mol. The van der Waals surface area contributed by atoms with Crippen molar-refractivity contribution in [2.75, 3.05) is 20.8 Å². The highest BCUT2D eigenvalue weighted by molar-refractivity contribution is 7.13. The van der Waals surface area contributed by atoms with E-state index in [4.69, 9.17) is 15.2 Å². The van der Waals surface area contributed by atoms with Crippen LogP contribution in [0.4, 0.5) is 0 Å². The number of thiazole rings is 1. The molecule has 0 radical (unpaired) electrons. The Balaban J connectivity index is 1.55. The fraction of sp³-hybridized carbons (Fsp3) is 0.227. The van der Waals surface area contributed by atoms with Crippen LogP contribution < -0.4 is 20.5 Å². The largest absolute Gasteiger partial charge is 0.493 e. The monoisotopic (exact) mass is 425 g/mol. The zero-order valence-corrected chi connectivity index (χ0v) is 17.6. The van der Waals surface area contributed by atoms with Crippen LogP contribution in [0.5, 0.6) is 11.5 Å². The summed E-state index contributed by atoms with van der Waals surface area (Å²) in [5.74, 6) is 0.712. The number of aromatic nitrogens is 1. The zero-order valence-electron chi connectivity index (χ0n) is 16.8. The molecule has 0 saturated carbocycles. The molecule has 30 heavy (non-hydrogen) atoms. The minimum Gasteiger partial charge on any atom is -0.493 e. The second kappa shape index (κ2) is 9.89. The summed E-state index contributed by atoms with van der Waals surface area (Å²) in [5, 5.41) is 5.57. The number of carbonyl (C=O) groups is 2. The summed E-state index contributed by atoms with van der Waals surface area (Å²) >= 11 is 1.47. The maximum Gasteiger partial charge on any atom is 0.248 e. The molecular formula is C22H23N3O4S. The second-order valence-corrected chi connectivity index (χ2v) is 7.41. The molecule has 0 aliphatic heterocycles. The topological polar surface area (TPSA) is 104 Å². The fourth-order valence-corrected chi connectivity index (χ4v) is 3.76. The van der Waals surface area contributed by atoms with E-state index in [0.29, 0.717) is 35.7 Å². The molecule has 0 bridgehead atoms. The van der Waals surface area contributed by atoms with Crippen LogP contribution >= 0.6 is 11.3 Å². The normalized spacial score (nSPS) is 10.5. The lowest BCUT2D eigenvalue weighted by atomic mass is 10.1. The minimum absolute atomic E-state index is 0.106. The maximum atomic E-state index is 12.3. The first-order chi connectivity index (χ1) is 14.5. The number of nitrogens with two attached hydrogens (primary N) is 1. The molecule has 1 heterocycles. The maximum absolute atomic E-state index is 12.3. The molecule has 2 aromatic carbocycles. The molecule has 0 unspecified atom stereocenters. The highest BCUT2D eigenvalue weighted by Crippen LogP contribution is 2.33. The standard InChI is InChI=1S/C22H23N3O4S/c1-28-18-7-6-16(11-19(18)29-2)22-25-17(13-30-22)12-20(26)24-9-8-14-4-3-5-15(10-14)21(23)27/h3-7,10-11,13H,8-9,12H2,1-2H3,(H2,23,27)(H,24,26).